The first-order valence-electron chi connectivity index (χ1n) is 11.3. The predicted molar refractivity (Wildman–Crippen MR) is 131 cm³/mol. The minimum absolute atomic E-state index is 0.00766. The maximum atomic E-state index is 12.2. The zero-order chi connectivity index (χ0) is 23.5. The van der Waals surface area contributed by atoms with Crippen molar-refractivity contribution in [1.29, 1.82) is 0 Å². The highest BCUT2D eigenvalue weighted by Crippen LogP contribution is 2.29. The largest absolute Gasteiger partial charge is 0.484 e. The fourth-order valence-corrected chi connectivity index (χ4v) is 4.68. The van der Waals surface area contributed by atoms with E-state index in [2.05, 4.69) is 20.5 Å². The second-order valence-electron chi connectivity index (χ2n) is 8.65. The van der Waals surface area contributed by atoms with Gasteiger partial charge in [0.2, 0.25) is 5.89 Å². The van der Waals surface area contributed by atoms with Crippen LogP contribution in [-0.2, 0) is 11.2 Å². The third-order valence-corrected chi connectivity index (χ3v) is 6.63. The summed E-state index contributed by atoms with van der Waals surface area (Å²) in [5, 5.41) is 13.8. The summed E-state index contributed by atoms with van der Waals surface area (Å²) >= 11 is 11.9. The lowest BCUT2D eigenvalue weighted by Crippen LogP contribution is -2.40. The van der Waals surface area contributed by atoms with Crippen molar-refractivity contribution in [1.82, 2.24) is 20.5 Å². The summed E-state index contributed by atoms with van der Waals surface area (Å²) in [6, 6.07) is 14.8. The number of fused-ring (bicyclic) bond motifs is 1. The number of amides is 1. The molecule has 2 aromatic heterocycles. The standard InChI is InChI=1S/C25H24Cl2N4O3/c26-17-3-8-20(9-4-17)33-14-23(32)28-19-6-1-15(2-7-19)11-24-30-31-25(34-24)22-13-16-12-18(27)5-10-21(16)29-22/h3-5,8-10,12-13,15,19,29H,1-2,6-7,11,14H2,(H,28,32). The SMILES string of the molecule is O=C(COc1ccc(Cl)cc1)NC1CCC(Cc2nnc(-c3cc4cc(Cl)ccc4[nH]3)o2)CC1. The second kappa shape index (κ2) is 10.1. The number of benzene rings is 2. The Balaban J connectivity index is 1.08. The molecule has 0 atom stereocenters. The van der Waals surface area contributed by atoms with Crippen molar-refractivity contribution < 1.29 is 13.9 Å². The van der Waals surface area contributed by atoms with Gasteiger partial charge in [0.1, 0.15) is 11.4 Å². The molecule has 7 nitrogen and oxygen atoms in total. The summed E-state index contributed by atoms with van der Waals surface area (Å²) in [5.41, 5.74) is 1.75. The van der Waals surface area contributed by atoms with Gasteiger partial charge in [-0.25, -0.2) is 0 Å². The van der Waals surface area contributed by atoms with E-state index in [1.54, 1.807) is 24.3 Å². The number of H-pyrrole nitrogens is 1. The number of nitrogens with zero attached hydrogens (tertiary/aromatic N) is 2. The second-order valence-corrected chi connectivity index (χ2v) is 9.52. The van der Waals surface area contributed by atoms with Gasteiger partial charge >= 0.3 is 0 Å². The monoisotopic (exact) mass is 498 g/mol. The van der Waals surface area contributed by atoms with Crippen molar-refractivity contribution in [2.24, 2.45) is 5.92 Å². The van der Waals surface area contributed by atoms with Gasteiger partial charge in [-0.15, -0.1) is 10.2 Å². The highest BCUT2D eigenvalue weighted by molar-refractivity contribution is 6.31. The average Bonchev–Trinajstić information content (AvgIpc) is 3.46. The maximum Gasteiger partial charge on any atom is 0.264 e. The first-order chi connectivity index (χ1) is 16.5. The van der Waals surface area contributed by atoms with Gasteiger partial charge in [-0.05, 0) is 80.1 Å². The summed E-state index contributed by atoms with van der Waals surface area (Å²) in [6.45, 7) is -0.00766. The molecule has 0 bridgehead atoms. The van der Waals surface area contributed by atoms with Crippen LogP contribution >= 0.6 is 23.2 Å². The quantitative estimate of drug-likeness (QED) is 0.334. The molecule has 1 amide bonds. The number of hydrogen-bond donors (Lipinski definition) is 2. The lowest BCUT2D eigenvalue weighted by molar-refractivity contribution is -0.124. The van der Waals surface area contributed by atoms with Gasteiger partial charge in [0.05, 0.1) is 0 Å². The van der Waals surface area contributed by atoms with Crippen LogP contribution in [-0.4, -0.2) is 33.7 Å². The van der Waals surface area contributed by atoms with Gasteiger partial charge in [-0.3, -0.25) is 4.79 Å². The van der Waals surface area contributed by atoms with Crippen LogP contribution in [0.15, 0.2) is 52.9 Å². The molecule has 1 aliphatic carbocycles. The van der Waals surface area contributed by atoms with Gasteiger partial charge in [-0.2, -0.15) is 0 Å². The summed E-state index contributed by atoms with van der Waals surface area (Å²) < 4.78 is 11.4. The molecule has 2 aromatic carbocycles. The minimum atomic E-state index is -0.112. The van der Waals surface area contributed by atoms with Crippen LogP contribution in [0.4, 0.5) is 0 Å². The summed E-state index contributed by atoms with van der Waals surface area (Å²) in [7, 11) is 0. The van der Waals surface area contributed by atoms with Crippen LogP contribution in [0.2, 0.25) is 10.0 Å². The molecule has 176 valence electrons. The van der Waals surface area contributed by atoms with Gasteiger partial charge < -0.3 is 19.5 Å². The molecule has 0 aliphatic heterocycles. The summed E-state index contributed by atoms with van der Waals surface area (Å²) in [4.78, 5) is 15.5. The molecule has 2 heterocycles. The molecule has 5 rings (SSSR count). The maximum absolute atomic E-state index is 12.2. The molecule has 0 spiro atoms. The molecule has 1 aliphatic rings. The van der Waals surface area contributed by atoms with Crippen LogP contribution in [0.1, 0.15) is 31.6 Å². The van der Waals surface area contributed by atoms with Crippen LogP contribution in [0.3, 0.4) is 0 Å². The molecule has 4 aromatic rings. The molecule has 0 radical (unpaired) electrons. The van der Waals surface area contributed by atoms with Gasteiger partial charge in [0.25, 0.3) is 11.8 Å². The Hall–Kier alpha value is -3.03. The zero-order valence-electron chi connectivity index (χ0n) is 18.4. The first kappa shape index (κ1) is 22.7. The number of nitrogens with one attached hydrogen (secondary N) is 2. The number of aromatic nitrogens is 3. The Labute approximate surface area is 206 Å². The predicted octanol–water partition coefficient (Wildman–Crippen LogP) is 5.82. The smallest absolute Gasteiger partial charge is 0.264 e. The lowest BCUT2D eigenvalue weighted by Gasteiger charge is -2.28. The van der Waals surface area contributed by atoms with E-state index in [4.69, 9.17) is 32.4 Å². The molecule has 1 saturated carbocycles. The van der Waals surface area contributed by atoms with Crippen molar-refractivity contribution in [2.45, 2.75) is 38.1 Å². The van der Waals surface area contributed by atoms with Crippen molar-refractivity contribution in [3.05, 3.63) is 64.5 Å². The highest BCUT2D eigenvalue weighted by atomic mass is 35.5. The normalized spacial score (nSPS) is 18.2. The van der Waals surface area contributed by atoms with Gasteiger partial charge in [-0.1, -0.05) is 23.2 Å². The molecular formula is C25H24Cl2N4O3. The minimum Gasteiger partial charge on any atom is -0.484 e. The number of hydrogen-bond acceptors (Lipinski definition) is 5. The Morgan fingerprint density at radius 1 is 1.03 bits per heavy atom. The van der Waals surface area contributed by atoms with E-state index in [1.807, 2.05) is 24.3 Å². The Kier molecular flexibility index (Phi) is 6.74. The Morgan fingerprint density at radius 3 is 2.59 bits per heavy atom. The number of carbonyl (C=O) groups is 1. The fraction of sp³-hybridized carbons (Fsp3) is 0.320. The number of aromatic amines is 1. The summed E-state index contributed by atoms with van der Waals surface area (Å²) in [5.74, 6) is 2.07. The molecular weight excluding hydrogens is 475 g/mol. The van der Waals surface area contributed by atoms with E-state index in [0.29, 0.717) is 33.5 Å². The topological polar surface area (TPSA) is 93.0 Å². The molecule has 9 heteroatoms. The Bertz CT molecular complexity index is 1280. The lowest BCUT2D eigenvalue weighted by atomic mass is 9.84. The average molecular weight is 499 g/mol. The van der Waals surface area contributed by atoms with Gasteiger partial charge in [0.15, 0.2) is 6.61 Å². The highest BCUT2D eigenvalue weighted by Gasteiger charge is 2.24. The third kappa shape index (κ3) is 5.54. The summed E-state index contributed by atoms with van der Waals surface area (Å²) in [6.07, 6.45) is 4.55. The van der Waals surface area contributed by atoms with Crippen LogP contribution in [0, 0.1) is 5.92 Å². The third-order valence-electron chi connectivity index (χ3n) is 6.14. The van der Waals surface area contributed by atoms with E-state index in [9.17, 15) is 4.79 Å². The number of rotatable bonds is 7. The van der Waals surface area contributed by atoms with Crippen molar-refractivity contribution >= 4 is 40.0 Å². The van der Waals surface area contributed by atoms with Crippen molar-refractivity contribution in [3.8, 4) is 17.3 Å². The molecule has 0 saturated heterocycles. The Morgan fingerprint density at radius 2 is 1.79 bits per heavy atom. The molecule has 0 unspecified atom stereocenters. The number of halogens is 2. The van der Waals surface area contributed by atoms with E-state index in [-0.39, 0.29) is 18.6 Å². The molecule has 34 heavy (non-hydrogen) atoms. The van der Waals surface area contributed by atoms with Crippen molar-refractivity contribution in [2.75, 3.05) is 6.61 Å². The molecule has 1 fully saturated rings. The van der Waals surface area contributed by atoms with Crippen LogP contribution < -0.4 is 10.1 Å². The van der Waals surface area contributed by atoms with E-state index < -0.39 is 0 Å². The van der Waals surface area contributed by atoms with E-state index >= 15 is 0 Å². The number of ether oxygens (including phenoxy) is 1. The zero-order valence-corrected chi connectivity index (χ0v) is 19.9. The number of carbonyl (C=O) groups excluding carboxylic acids is 1. The van der Waals surface area contributed by atoms with Crippen molar-refractivity contribution in [3.63, 3.8) is 0 Å². The van der Waals surface area contributed by atoms with Crippen LogP contribution in [0.5, 0.6) is 5.75 Å². The van der Waals surface area contributed by atoms with E-state index in [1.165, 1.54) is 0 Å². The van der Waals surface area contributed by atoms with Crippen LogP contribution in [0.25, 0.3) is 22.5 Å². The van der Waals surface area contributed by atoms with Gasteiger partial charge in [0, 0.05) is 33.4 Å². The van der Waals surface area contributed by atoms with E-state index in [0.717, 1.165) is 48.7 Å². The fourth-order valence-electron chi connectivity index (χ4n) is 4.37. The molecule has 2 N–H and O–H groups in total. The first-order valence-corrected chi connectivity index (χ1v) is 12.1.